The second-order valence-electron chi connectivity index (χ2n) is 5.07. The van der Waals surface area contributed by atoms with E-state index in [-0.39, 0.29) is 12.5 Å². The van der Waals surface area contributed by atoms with Crippen molar-refractivity contribution in [3.8, 4) is 17.2 Å². The van der Waals surface area contributed by atoms with Gasteiger partial charge in [-0.25, -0.2) is 4.79 Å². The Hall–Kier alpha value is -2.74. The van der Waals surface area contributed by atoms with Gasteiger partial charge in [-0.2, -0.15) is 0 Å². The first-order valence-electron chi connectivity index (χ1n) is 7.50. The highest BCUT2D eigenvalue weighted by molar-refractivity contribution is 9.10. The Morgan fingerprint density at radius 1 is 1.00 bits per heavy atom. The number of esters is 1. The predicted octanol–water partition coefficient (Wildman–Crippen LogP) is 3.27. The van der Waals surface area contributed by atoms with Crippen molar-refractivity contribution in [2.45, 2.75) is 0 Å². The minimum Gasteiger partial charge on any atom is -0.497 e. The van der Waals surface area contributed by atoms with Crippen LogP contribution in [0.4, 0.5) is 5.69 Å². The molecule has 0 aliphatic rings. The number of benzene rings is 2. The van der Waals surface area contributed by atoms with Crippen LogP contribution >= 0.6 is 15.9 Å². The zero-order valence-corrected chi connectivity index (χ0v) is 16.1. The zero-order valence-electron chi connectivity index (χ0n) is 14.5. The molecule has 2 aromatic rings. The summed E-state index contributed by atoms with van der Waals surface area (Å²) in [6.07, 6.45) is 0. The monoisotopic (exact) mass is 423 g/mol. The van der Waals surface area contributed by atoms with E-state index in [0.29, 0.717) is 33.0 Å². The molecule has 0 radical (unpaired) electrons. The first-order chi connectivity index (χ1) is 12.5. The molecule has 0 atom stereocenters. The predicted molar refractivity (Wildman–Crippen MR) is 99.2 cm³/mol. The maximum absolute atomic E-state index is 12.1. The van der Waals surface area contributed by atoms with Gasteiger partial charge in [-0.3, -0.25) is 4.79 Å². The lowest BCUT2D eigenvalue weighted by Crippen LogP contribution is -2.20. The van der Waals surface area contributed by atoms with Gasteiger partial charge in [-0.1, -0.05) is 0 Å². The number of carbonyl (C=O) groups is 2. The largest absolute Gasteiger partial charge is 0.497 e. The fraction of sp³-hybridized carbons (Fsp3) is 0.222. The molecule has 2 rings (SSSR count). The SMILES string of the molecule is COC(=O)c1ccc(OCC(=O)Nc2cc(OC)cc(OC)c2)c(Br)c1. The Morgan fingerprint density at radius 2 is 1.65 bits per heavy atom. The molecule has 0 aliphatic carbocycles. The van der Waals surface area contributed by atoms with Gasteiger partial charge in [0.05, 0.1) is 31.4 Å². The summed E-state index contributed by atoms with van der Waals surface area (Å²) in [7, 11) is 4.36. The maximum Gasteiger partial charge on any atom is 0.337 e. The van der Waals surface area contributed by atoms with Gasteiger partial charge < -0.3 is 24.3 Å². The van der Waals surface area contributed by atoms with Crippen LogP contribution in [0.3, 0.4) is 0 Å². The van der Waals surface area contributed by atoms with Crippen molar-refractivity contribution in [1.29, 1.82) is 0 Å². The van der Waals surface area contributed by atoms with E-state index in [1.807, 2.05) is 0 Å². The lowest BCUT2D eigenvalue weighted by Gasteiger charge is -2.11. The molecule has 7 nitrogen and oxygen atoms in total. The smallest absolute Gasteiger partial charge is 0.337 e. The lowest BCUT2D eigenvalue weighted by atomic mass is 10.2. The van der Waals surface area contributed by atoms with Crippen molar-refractivity contribution in [2.24, 2.45) is 0 Å². The van der Waals surface area contributed by atoms with Crippen molar-refractivity contribution < 1.29 is 28.5 Å². The van der Waals surface area contributed by atoms with Gasteiger partial charge >= 0.3 is 5.97 Å². The van der Waals surface area contributed by atoms with Crippen LogP contribution in [-0.4, -0.2) is 39.8 Å². The summed E-state index contributed by atoms with van der Waals surface area (Å²) >= 11 is 3.30. The molecule has 0 saturated carbocycles. The Morgan fingerprint density at radius 3 is 2.19 bits per heavy atom. The van der Waals surface area contributed by atoms with Crippen LogP contribution in [0.2, 0.25) is 0 Å². The number of nitrogens with one attached hydrogen (secondary N) is 1. The molecule has 26 heavy (non-hydrogen) atoms. The Bertz CT molecular complexity index is 786. The third-order valence-electron chi connectivity index (χ3n) is 3.35. The highest BCUT2D eigenvalue weighted by atomic mass is 79.9. The number of rotatable bonds is 7. The Labute approximate surface area is 159 Å². The van der Waals surface area contributed by atoms with Gasteiger partial charge in [0.25, 0.3) is 5.91 Å². The van der Waals surface area contributed by atoms with Gasteiger partial charge in [0.1, 0.15) is 17.2 Å². The van der Waals surface area contributed by atoms with Crippen LogP contribution in [0, 0.1) is 0 Å². The number of methoxy groups -OCH3 is 3. The third kappa shape index (κ3) is 5.13. The van der Waals surface area contributed by atoms with Gasteiger partial charge in [-0.05, 0) is 34.1 Å². The molecular weight excluding hydrogens is 406 g/mol. The van der Waals surface area contributed by atoms with Gasteiger partial charge in [-0.15, -0.1) is 0 Å². The van der Waals surface area contributed by atoms with Crippen LogP contribution in [0.25, 0.3) is 0 Å². The fourth-order valence-corrected chi connectivity index (χ4v) is 2.58. The second kappa shape index (κ2) is 9.10. The molecule has 1 N–H and O–H groups in total. The zero-order chi connectivity index (χ0) is 19.1. The highest BCUT2D eigenvalue weighted by Gasteiger charge is 2.11. The van der Waals surface area contributed by atoms with E-state index < -0.39 is 5.97 Å². The maximum atomic E-state index is 12.1. The fourth-order valence-electron chi connectivity index (χ4n) is 2.08. The van der Waals surface area contributed by atoms with Crippen LogP contribution in [0.1, 0.15) is 10.4 Å². The molecule has 0 bridgehead atoms. The minimum atomic E-state index is -0.457. The average molecular weight is 424 g/mol. The Kier molecular flexibility index (Phi) is 6.85. The van der Waals surface area contributed by atoms with Crippen molar-refractivity contribution in [3.63, 3.8) is 0 Å². The number of hydrogen-bond donors (Lipinski definition) is 1. The van der Waals surface area contributed by atoms with Crippen LogP contribution in [0.5, 0.6) is 17.2 Å². The van der Waals surface area contributed by atoms with E-state index in [9.17, 15) is 9.59 Å². The summed E-state index contributed by atoms with van der Waals surface area (Å²) in [6.45, 7) is -0.213. The number of halogens is 1. The van der Waals surface area contributed by atoms with Gasteiger partial charge in [0.2, 0.25) is 0 Å². The number of carbonyl (C=O) groups excluding carboxylic acids is 2. The normalized spacial score (nSPS) is 10.0. The first-order valence-corrected chi connectivity index (χ1v) is 8.29. The lowest BCUT2D eigenvalue weighted by molar-refractivity contribution is -0.118. The summed E-state index contributed by atoms with van der Waals surface area (Å²) in [5.74, 6) is 0.727. The van der Waals surface area contributed by atoms with E-state index in [1.165, 1.54) is 21.3 Å². The van der Waals surface area contributed by atoms with Crippen LogP contribution in [-0.2, 0) is 9.53 Å². The number of ether oxygens (including phenoxy) is 4. The van der Waals surface area contributed by atoms with Crippen molar-refractivity contribution >= 4 is 33.5 Å². The quantitative estimate of drug-likeness (QED) is 0.688. The molecular formula is C18H18BrNO6. The highest BCUT2D eigenvalue weighted by Crippen LogP contribution is 2.27. The van der Waals surface area contributed by atoms with E-state index >= 15 is 0 Å². The third-order valence-corrected chi connectivity index (χ3v) is 3.97. The van der Waals surface area contributed by atoms with Crippen molar-refractivity contribution in [2.75, 3.05) is 33.3 Å². The summed E-state index contributed by atoms with van der Waals surface area (Å²) in [4.78, 5) is 23.6. The average Bonchev–Trinajstić information content (AvgIpc) is 2.65. The molecule has 0 aliphatic heterocycles. The van der Waals surface area contributed by atoms with E-state index in [0.717, 1.165) is 0 Å². The standard InChI is InChI=1S/C18H18BrNO6/c1-23-13-7-12(8-14(9-13)24-2)20-17(21)10-26-16-5-4-11(6-15(16)19)18(22)25-3/h4-9H,10H2,1-3H3,(H,20,21). The molecule has 2 aromatic carbocycles. The minimum absolute atomic E-state index is 0.213. The number of anilines is 1. The number of amides is 1. The van der Waals surface area contributed by atoms with Crippen LogP contribution in [0.15, 0.2) is 40.9 Å². The summed E-state index contributed by atoms with van der Waals surface area (Å²) in [6, 6.07) is 9.73. The molecule has 0 aromatic heterocycles. The molecule has 1 amide bonds. The molecule has 0 spiro atoms. The van der Waals surface area contributed by atoms with Crippen molar-refractivity contribution in [3.05, 3.63) is 46.4 Å². The summed E-state index contributed by atoms with van der Waals surface area (Å²) in [5, 5.41) is 2.71. The van der Waals surface area contributed by atoms with Gasteiger partial charge in [0.15, 0.2) is 6.61 Å². The van der Waals surface area contributed by atoms with Crippen molar-refractivity contribution in [1.82, 2.24) is 0 Å². The van der Waals surface area contributed by atoms with E-state index in [2.05, 4.69) is 26.0 Å². The number of hydrogen-bond acceptors (Lipinski definition) is 6. The summed E-state index contributed by atoms with van der Waals surface area (Å²) in [5.41, 5.74) is 0.898. The Balaban J connectivity index is 2.00. The van der Waals surface area contributed by atoms with Crippen LogP contribution < -0.4 is 19.5 Å². The molecule has 0 heterocycles. The molecule has 138 valence electrons. The van der Waals surface area contributed by atoms with E-state index in [1.54, 1.807) is 36.4 Å². The molecule has 8 heteroatoms. The molecule has 0 fully saturated rings. The second-order valence-corrected chi connectivity index (χ2v) is 5.93. The van der Waals surface area contributed by atoms with Gasteiger partial charge in [0, 0.05) is 23.9 Å². The topological polar surface area (TPSA) is 83.1 Å². The first kappa shape index (κ1) is 19.6. The molecule has 0 saturated heterocycles. The molecule has 0 unspecified atom stereocenters. The van der Waals surface area contributed by atoms with E-state index in [4.69, 9.17) is 14.2 Å². The summed E-state index contributed by atoms with van der Waals surface area (Å²) < 4.78 is 21.0.